The van der Waals surface area contributed by atoms with Crippen molar-refractivity contribution in [2.24, 2.45) is 5.73 Å². The first-order chi connectivity index (χ1) is 9.72. The van der Waals surface area contributed by atoms with Gasteiger partial charge in [-0.1, -0.05) is 0 Å². The molecule has 0 atom stereocenters. The number of methoxy groups -OCH3 is 2. The van der Waals surface area contributed by atoms with Crippen LogP contribution in [0.15, 0.2) is 12.1 Å². The molecule has 3 rings (SSSR count). The standard InChI is InChI=1S/C16H24N2O2/c1-19-14-8-12-4-7-18(16(11-17)5-3-6-16)10-13(12)9-15(14)20-2/h8-9H,3-7,10-11,17H2,1-2H3. The quantitative estimate of drug-likeness (QED) is 0.913. The van der Waals surface area contributed by atoms with Gasteiger partial charge in [-0.3, -0.25) is 4.90 Å². The van der Waals surface area contributed by atoms with Gasteiger partial charge in [-0.2, -0.15) is 0 Å². The maximum atomic E-state index is 6.03. The van der Waals surface area contributed by atoms with Crippen molar-refractivity contribution in [3.8, 4) is 11.5 Å². The zero-order chi connectivity index (χ0) is 14.2. The van der Waals surface area contributed by atoms with Gasteiger partial charge in [0.15, 0.2) is 11.5 Å². The van der Waals surface area contributed by atoms with Crippen molar-refractivity contribution < 1.29 is 9.47 Å². The third-order valence-electron chi connectivity index (χ3n) is 5.05. The molecular weight excluding hydrogens is 252 g/mol. The van der Waals surface area contributed by atoms with Gasteiger partial charge in [0.1, 0.15) is 0 Å². The summed E-state index contributed by atoms with van der Waals surface area (Å²) >= 11 is 0. The first-order valence-corrected chi connectivity index (χ1v) is 7.41. The van der Waals surface area contributed by atoms with Gasteiger partial charge in [-0.15, -0.1) is 0 Å². The summed E-state index contributed by atoms with van der Waals surface area (Å²) in [5.74, 6) is 1.65. The molecule has 4 heteroatoms. The molecule has 20 heavy (non-hydrogen) atoms. The molecule has 110 valence electrons. The van der Waals surface area contributed by atoms with Crippen LogP contribution in [-0.2, 0) is 13.0 Å². The second-order valence-corrected chi connectivity index (χ2v) is 5.93. The molecule has 1 heterocycles. The lowest BCUT2D eigenvalue weighted by molar-refractivity contribution is 0.0122. The van der Waals surface area contributed by atoms with E-state index in [4.69, 9.17) is 15.2 Å². The molecule has 1 saturated carbocycles. The lowest BCUT2D eigenvalue weighted by Crippen LogP contribution is -2.59. The van der Waals surface area contributed by atoms with Crippen molar-refractivity contribution in [1.82, 2.24) is 4.90 Å². The smallest absolute Gasteiger partial charge is 0.161 e. The Labute approximate surface area is 120 Å². The predicted molar refractivity (Wildman–Crippen MR) is 79.3 cm³/mol. The average molecular weight is 276 g/mol. The Morgan fingerprint density at radius 2 is 1.80 bits per heavy atom. The number of nitrogens with two attached hydrogens (primary N) is 1. The molecule has 1 fully saturated rings. The minimum atomic E-state index is 0.255. The Morgan fingerprint density at radius 1 is 1.15 bits per heavy atom. The van der Waals surface area contributed by atoms with E-state index in [2.05, 4.69) is 17.0 Å². The first-order valence-electron chi connectivity index (χ1n) is 7.41. The molecular formula is C16H24N2O2. The van der Waals surface area contributed by atoms with Crippen LogP contribution < -0.4 is 15.2 Å². The van der Waals surface area contributed by atoms with E-state index in [9.17, 15) is 0 Å². The summed E-state index contributed by atoms with van der Waals surface area (Å²) in [7, 11) is 3.38. The third kappa shape index (κ3) is 2.07. The van der Waals surface area contributed by atoms with Crippen LogP contribution in [0.3, 0.4) is 0 Å². The monoisotopic (exact) mass is 276 g/mol. The minimum Gasteiger partial charge on any atom is -0.493 e. The van der Waals surface area contributed by atoms with Crippen molar-refractivity contribution in [1.29, 1.82) is 0 Å². The van der Waals surface area contributed by atoms with Crippen LogP contribution in [0, 0.1) is 0 Å². The van der Waals surface area contributed by atoms with Crippen molar-refractivity contribution in [2.45, 2.75) is 37.8 Å². The van der Waals surface area contributed by atoms with Gasteiger partial charge >= 0.3 is 0 Å². The molecule has 0 amide bonds. The molecule has 0 unspecified atom stereocenters. The van der Waals surface area contributed by atoms with E-state index >= 15 is 0 Å². The highest BCUT2D eigenvalue weighted by Gasteiger charge is 2.42. The molecule has 1 aliphatic carbocycles. The lowest BCUT2D eigenvalue weighted by Gasteiger charge is -2.51. The largest absolute Gasteiger partial charge is 0.493 e. The van der Waals surface area contributed by atoms with E-state index in [1.165, 1.54) is 30.4 Å². The summed E-state index contributed by atoms with van der Waals surface area (Å²) < 4.78 is 10.8. The summed E-state index contributed by atoms with van der Waals surface area (Å²) in [5.41, 5.74) is 9.02. The van der Waals surface area contributed by atoms with Crippen LogP contribution in [-0.4, -0.2) is 37.7 Å². The fraction of sp³-hybridized carbons (Fsp3) is 0.625. The number of hydrogen-bond donors (Lipinski definition) is 1. The van der Waals surface area contributed by atoms with E-state index in [0.29, 0.717) is 0 Å². The number of nitrogens with zero attached hydrogens (tertiary/aromatic N) is 1. The van der Waals surface area contributed by atoms with Crippen LogP contribution in [0.1, 0.15) is 30.4 Å². The summed E-state index contributed by atoms with van der Waals surface area (Å²) in [6.45, 7) is 2.85. The third-order valence-corrected chi connectivity index (χ3v) is 5.05. The van der Waals surface area contributed by atoms with E-state index in [1.54, 1.807) is 14.2 Å². The first kappa shape index (κ1) is 13.7. The summed E-state index contributed by atoms with van der Waals surface area (Å²) in [4.78, 5) is 2.57. The fourth-order valence-electron chi connectivity index (χ4n) is 3.52. The van der Waals surface area contributed by atoms with Gasteiger partial charge in [0.25, 0.3) is 0 Å². The van der Waals surface area contributed by atoms with Crippen molar-refractivity contribution >= 4 is 0 Å². The molecule has 0 saturated heterocycles. The van der Waals surface area contributed by atoms with E-state index in [0.717, 1.165) is 37.6 Å². The van der Waals surface area contributed by atoms with Crippen molar-refractivity contribution in [3.05, 3.63) is 23.3 Å². The van der Waals surface area contributed by atoms with E-state index in [1.807, 2.05) is 0 Å². The fourth-order valence-corrected chi connectivity index (χ4v) is 3.52. The molecule has 0 radical (unpaired) electrons. The summed E-state index contributed by atoms with van der Waals surface area (Å²) in [6, 6.07) is 4.25. The van der Waals surface area contributed by atoms with Gasteiger partial charge in [-0.25, -0.2) is 0 Å². The number of benzene rings is 1. The molecule has 4 nitrogen and oxygen atoms in total. The number of hydrogen-bond acceptors (Lipinski definition) is 4. The number of rotatable bonds is 4. The highest BCUT2D eigenvalue weighted by atomic mass is 16.5. The summed E-state index contributed by atoms with van der Waals surface area (Å²) in [5, 5.41) is 0. The molecule has 1 aromatic carbocycles. The Kier molecular flexibility index (Phi) is 3.61. The maximum Gasteiger partial charge on any atom is 0.161 e. The normalized spacial score (nSPS) is 20.9. The highest BCUT2D eigenvalue weighted by Crippen LogP contribution is 2.41. The molecule has 0 spiro atoms. The molecule has 2 N–H and O–H groups in total. The van der Waals surface area contributed by atoms with E-state index in [-0.39, 0.29) is 5.54 Å². The zero-order valence-corrected chi connectivity index (χ0v) is 12.4. The zero-order valence-electron chi connectivity index (χ0n) is 12.4. The Bertz CT molecular complexity index is 492. The van der Waals surface area contributed by atoms with Gasteiger partial charge in [0, 0.05) is 25.2 Å². The SMILES string of the molecule is COc1cc2c(cc1OC)CN(C1(CN)CCC1)CC2. The lowest BCUT2D eigenvalue weighted by atomic mass is 9.74. The Morgan fingerprint density at radius 3 is 2.30 bits per heavy atom. The molecule has 1 aliphatic heterocycles. The minimum absolute atomic E-state index is 0.255. The average Bonchev–Trinajstić information content (AvgIpc) is 2.45. The van der Waals surface area contributed by atoms with Crippen molar-refractivity contribution in [3.63, 3.8) is 0 Å². The maximum absolute atomic E-state index is 6.03. The van der Waals surface area contributed by atoms with Crippen molar-refractivity contribution in [2.75, 3.05) is 27.3 Å². The van der Waals surface area contributed by atoms with Gasteiger partial charge < -0.3 is 15.2 Å². The second-order valence-electron chi connectivity index (χ2n) is 5.93. The Balaban J connectivity index is 1.87. The predicted octanol–water partition coefficient (Wildman–Crippen LogP) is 1.94. The molecule has 0 bridgehead atoms. The molecule has 0 aromatic heterocycles. The highest BCUT2D eigenvalue weighted by molar-refractivity contribution is 5.48. The molecule has 2 aliphatic rings. The topological polar surface area (TPSA) is 47.7 Å². The van der Waals surface area contributed by atoms with Crippen LogP contribution in [0.25, 0.3) is 0 Å². The van der Waals surface area contributed by atoms with Crippen LogP contribution in [0.4, 0.5) is 0 Å². The van der Waals surface area contributed by atoms with Crippen LogP contribution >= 0.6 is 0 Å². The van der Waals surface area contributed by atoms with Gasteiger partial charge in [0.05, 0.1) is 14.2 Å². The van der Waals surface area contributed by atoms with E-state index < -0.39 is 0 Å². The Hall–Kier alpha value is -1.26. The van der Waals surface area contributed by atoms with Gasteiger partial charge in [-0.05, 0) is 48.9 Å². The number of fused-ring (bicyclic) bond motifs is 1. The number of ether oxygens (including phenoxy) is 2. The second kappa shape index (κ2) is 5.26. The van der Waals surface area contributed by atoms with Gasteiger partial charge in [0.2, 0.25) is 0 Å². The van der Waals surface area contributed by atoms with Crippen LogP contribution in [0.5, 0.6) is 11.5 Å². The van der Waals surface area contributed by atoms with Crippen LogP contribution in [0.2, 0.25) is 0 Å². The summed E-state index contributed by atoms with van der Waals surface area (Å²) in [6.07, 6.45) is 4.86. The molecule has 1 aromatic rings.